The number of hydrogen-bond acceptors (Lipinski definition) is 5. The lowest BCUT2D eigenvalue weighted by Gasteiger charge is -2.35. The molecule has 0 N–H and O–H groups in total. The van der Waals surface area contributed by atoms with Crippen LogP contribution in [0, 0.1) is 5.82 Å². The number of ether oxygens (including phenoxy) is 1. The lowest BCUT2D eigenvalue weighted by Crippen LogP contribution is -2.47. The second-order valence-electron chi connectivity index (χ2n) is 5.94. The highest BCUT2D eigenvalue weighted by Gasteiger charge is 2.24. The molecule has 0 aliphatic carbocycles. The normalized spacial score (nSPS) is 19.4. The largest absolute Gasteiger partial charge is 0.437 e. The van der Waals surface area contributed by atoms with E-state index in [0.29, 0.717) is 24.8 Å². The van der Waals surface area contributed by atoms with Gasteiger partial charge in [0.2, 0.25) is 5.89 Å². The van der Waals surface area contributed by atoms with E-state index >= 15 is 0 Å². The van der Waals surface area contributed by atoms with E-state index in [9.17, 15) is 9.18 Å². The van der Waals surface area contributed by atoms with Crippen LogP contribution in [0.5, 0.6) is 0 Å². The third kappa shape index (κ3) is 3.68. The van der Waals surface area contributed by atoms with Crippen LogP contribution in [0.25, 0.3) is 11.5 Å². The zero-order valence-corrected chi connectivity index (χ0v) is 13.2. The van der Waals surface area contributed by atoms with Crippen molar-refractivity contribution in [2.24, 2.45) is 0 Å². The predicted octanol–water partition coefficient (Wildman–Crippen LogP) is 1.75. The van der Waals surface area contributed by atoms with Crippen molar-refractivity contribution in [3.05, 3.63) is 40.6 Å². The fourth-order valence-electron chi connectivity index (χ4n) is 2.65. The summed E-state index contributed by atoms with van der Waals surface area (Å²) < 4.78 is 25.1. The molecule has 0 amide bonds. The van der Waals surface area contributed by atoms with Gasteiger partial charge in [0.05, 0.1) is 19.3 Å². The van der Waals surface area contributed by atoms with E-state index in [1.165, 1.54) is 28.9 Å². The first kappa shape index (κ1) is 15.9. The van der Waals surface area contributed by atoms with Crippen molar-refractivity contribution in [1.82, 2.24) is 14.7 Å². The van der Waals surface area contributed by atoms with Crippen molar-refractivity contribution in [1.29, 1.82) is 0 Å². The van der Waals surface area contributed by atoms with Gasteiger partial charge in [-0.2, -0.15) is 4.68 Å². The van der Waals surface area contributed by atoms with Crippen LogP contribution in [0.2, 0.25) is 0 Å². The topological polar surface area (TPSA) is 60.5 Å². The Balaban J connectivity index is 1.74. The highest BCUT2D eigenvalue weighted by molar-refractivity contribution is 5.51. The Morgan fingerprint density at radius 3 is 2.78 bits per heavy atom. The quantitative estimate of drug-likeness (QED) is 0.858. The van der Waals surface area contributed by atoms with Gasteiger partial charge in [0, 0.05) is 24.7 Å². The number of benzene rings is 1. The molecule has 0 bridgehead atoms. The molecule has 1 fully saturated rings. The van der Waals surface area contributed by atoms with E-state index in [1.807, 2.05) is 0 Å². The molecule has 1 saturated heterocycles. The maximum atomic E-state index is 13.0. The Hall–Kier alpha value is -1.99. The number of nitrogens with zero attached hydrogens (tertiary/aromatic N) is 3. The van der Waals surface area contributed by atoms with Crippen LogP contribution in [-0.2, 0) is 11.3 Å². The first-order chi connectivity index (χ1) is 11.0. The van der Waals surface area contributed by atoms with E-state index in [4.69, 9.17) is 9.15 Å². The first-order valence-electron chi connectivity index (χ1n) is 7.72. The van der Waals surface area contributed by atoms with Gasteiger partial charge in [0.25, 0.3) is 0 Å². The minimum Gasteiger partial charge on any atom is -0.388 e. The Morgan fingerprint density at radius 1 is 1.35 bits per heavy atom. The van der Waals surface area contributed by atoms with Crippen LogP contribution in [0.4, 0.5) is 4.39 Å². The van der Waals surface area contributed by atoms with E-state index in [-0.39, 0.29) is 17.8 Å². The van der Waals surface area contributed by atoms with E-state index < -0.39 is 5.76 Å². The highest BCUT2D eigenvalue weighted by atomic mass is 19.1. The van der Waals surface area contributed by atoms with E-state index in [0.717, 1.165) is 13.1 Å². The number of aromatic nitrogens is 2. The van der Waals surface area contributed by atoms with Crippen LogP contribution in [-0.4, -0.2) is 46.5 Å². The molecule has 1 aromatic carbocycles. The van der Waals surface area contributed by atoms with Crippen molar-refractivity contribution in [2.75, 3.05) is 19.7 Å². The van der Waals surface area contributed by atoms with Gasteiger partial charge in [0.1, 0.15) is 5.82 Å². The van der Waals surface area contributed by atoms with Gasteiger partial charge in [-0.1, -0.05) is 0 Å². The lowest BCUT2D eigenvalue weighted by atomic mass is 10.2. The summed E-state index contributed by atoms with van der Waals surface area (Å²) in [5.74, 6) is -0.693. The average Bonchev–Trinajstić information content (AvgIpc) is 2.89. The van der Waals surface area contributed by atoms with Crippen molar-refractivity contribution in [3.63, 3.8) is 0 Å². The van der Waals surface area contributed by atoms with Gasteiger partial charge in [-0.05, 0) is 38.1 Å². The molecule has 0 radical (unpaired) electrons. The SMILES string of the molecule is CC(C)N1CCOC(Cn2nc(-c3ccc(F)cc3)oc2=O)C1. The minimum absolute atomic E-state index is 0.102. The summed E-state index contributed by atoms with van der Waals surface area (Å²) in [7, 11) is 0. The summed E-state index contributed by atoms with van der Waals surface area (Å²) in [5.41, 5.74) is 0.565. The van der Waals surface area contributed by atoms with Crippen LogP contribution in [0.1, 0.15) is 13.8 Å². The van der Waals surface area contributed by atoms with Crippen LogP contribution in [0.15, 0.2) is 33.5 Å². The summed E-state index contributed by atoms with van der Waals surface area (Å²) in [6, 6.07) is 6.11. The maximum absolute atomic E-state index is 13.0. The zero-order valence-electron chi connectivity index (χ0n) is 13.2. The number of rotatable bonds is 4. The molecule has 23 heavy (non-hydrogen) atoms. The molecular formula is C16H20FN3O3. The lowest BCUT2D eigenvalue weighted by molar-refractivity contribution is -0.0476. The number of morpholine rings is 1. The predicted molar refractivity (Wildman–Crippen MR) is 82.6 cm³/mol. The second-order valence-corrected chi connectivity index (χ2v) is 5.94. The van der Waals surface area contributed by atoms with Gasteiger partial charge in [-0.15, -0.1) is 5.10 Å². The molecule has 0 saturated carbocycles. The van der Waals surface area contributed by atoms with Crippen LogP contribution < -0.4 is 5.76 Å². The smallest absolute Gasteiger partial charge is 0.388 e. The molecule has 1 aromatic heterocycles. The minimum atomic E-state index is -0.533. The average molecular weight is 321 g/mol. The first-order valence-corrected chi connectivity index (χ1v) is 7.72. The van der Waals surface area contributed by atoms with Crippen molar-refractivity contribution < 1.29 is 13.5 Å². The Labute approximate surface area is 133 Å². The summed E-state index contributed by atoms with van der Waals surface area (Å²) in [6.07, 6.45) is -0.102. The second kappa shape index (κ2) is 6.64. The molecule has 2 heterocycles. The number of halogens is 1. The van der Waals surface area contributed by atoms with Gasteiger partial charge in [-0.25, -0.2) is 9.18 Å². The molecule has 2 aromatic rings. The Kier molecular flexibility index (Phi) is 4.58. The fourth-order valence-corrected chi connectivity index (χ4v) is 2.65. The van der Waals surface area contributed by atoms with Crippen LogP contribution >= 0.6 is 0 Å². The molecule has 3 rings (SSSR count). The Morgan fingerprint density at radius 2 is 2.09 bits per heavy atom. The molecule has 1 aliphatic rings. The maximum Gasteiger partial charge on any atom is 0.437 e. The van der Waals surface area contributed by atoms with E-state index in [1.54, 1.807) is 0 Å². The molecule has 7 heteroatoms. The molecule has 6 nitrogen and oxygen atoms in total. The molecule has 1 aliphatic heterocycles. The molecule has 0 spiro atoms. The molecule has 1 atom stereocenters. The summed E-state index contributed by atoms with van der Waals surface area (Å²) in [6.45, 7) is 6.90. The standard InChI is InChI=1S/C16H20FN3O3/c1-11(2)19-7-8-22-14(9-19)10-20-16(21)23-15(18-20)12-3-5-13(17)6-4-12/h3-6,11,14H,7-10H2,1-2H3. The third-order valence-electron chi connectivity index (χ3n) is 3.97. The van der Waals surface area contributed by atoms with Gasteiger partial charge < -0.3 is 9.15 Å². The van der Waals surface area contributed by atoms with Gasteiger partial charge in [0.15, 0.2) is 0 Å². The van der Waals surface area contributed by atoms with Gasteiger partial charge in [-0.3, -0.25) is 4.90 Å². The monoisotopic (exact) mass is 321 g/mol. The summed E-state index contributed by atoms with van der Waals surface area (Å²) >= 11 is 0. The van der Waals surface area contributed by atoms with Crippen molar-refractivity contribution in [2.45, 2.75) is 32.5 Å². The summed E-state index contributed by atoms with van der Waals surface area (Å²) in [5, 5.41) is 4.19. The van der Waals surface area contributed by atoms with Crippen molar-refractivity contribution in [3.8, 4) is 11.5 Å². The van der Waals surface area contributed by atoms with Gasteiger partial charge >= 0.3 is 5.76 Å². The molecule has 1 unspecified atom stereocenters. The number of hydrogen-bond donors (Lipinski definition) is 0. The zero-order chi connectivity index (χ0) is 16.4. The Bertz CT molecular complexity index is 708. The van der Waals surface area contributed by atoms with Crippen LogP contribution in [0.3, 0.4) is 0 Å². The molecular weight excluding hydrogens is 301 g/mol. The highest BCUT2D eigenvalue weighted by Crippen LogP contribution is 2.16. The van der Waals surface area contributed by atoms with Crippen molar-refractivity contribution >= 4 is 0 Å². The summed E-state index contributed by atoms with van der Waals surface area (Å²) in [4.78, 5) is 14.3. The fraction of sp³-hybridized carbons (Fsp3) is 0.500. The molecule has 124 valence electrons. The third-order valence-corrected chi connectivity index (χ3v) is 3.97. The van der Waals surface area contributed by atoms with E-state index in [2.05, 4.69) is 23.8 Å².